The van der Waals surface area contributed by atoms with Gasteiger partial charge in [-0.15, -0.1) is 0 Å². The van der Waals surface area contributed by atoms with Crippen molar-refractivity contribution >= 4 is 17.9 Å². The molecule has 0 aliphatic heterocycles. The van der Waals surface area contributed by atoms with Crippen LogP contribution in [0.25, 0.3) is 0 Å². The van der Waals surface area contributed by atoms with E-state index in [2.05, 4.69) is 9.47 Å². The maximum Gasteiger partial charge on any atom is 0.305 e. The molecule has 13 heavy (non-hydrogen) atoms. The molecular weight excluding hydrogens is 180 g/mol. The fourth-order valence-corrected chi connectivity index (χ4v) is 0.195. The van der Waals surface area contributed by atoms with Crippen molar-refractivity contribution in [1.29, 1.82) is 0 Å². The molecule has 6 nitrogen and oxygen atoms in total. The van der Waals surface area contributed by atoms with Gasteiger partial charge in [0.05, 0.1) is 0 Å². The average Bonchev–Trinajstić information content (AvgIpc) is 1.83. The summed E-state index contributed by atoms with van der Waals surface area (Å²) in [6.07, 6.45) is 0. The van der Waals surface area contributed by atoms with Crippen LogP contribution in [0, 0.1) is 0 Å². The lowest BCUT2D eigenvalue weighted by atomic mass is 10.8. The van der Waals surface area contributed by atoms with Gasteiger partial charge in [-0.05, 0) is 0 Å². The van der Waals surface area contributed by atoms with E-state index in [0.29, 0.717) is 0 Å². The monoisotopic (exact) mass is 192 g/mol. The van der Waals surface area contributed by atoms with Gasteiger partial charge in [0.15, 0.2) is 0 Å². The van der Waals surface area contributed by atoms with E-state index in [1.54, 1.807) is 0 Å². The first-order chi connectivity index (χ1) is 5.86. The van der Waals surface area contributed by atoms with Crippen molar-refractivity contribution in [2.75, 3.05) is 6.79 Å². The molecule has 0 saturated carbocycles. The number of carbonyl (C=O) groups is 3. The number of carboxylic acid groups (broad SMARTS) is 1. The largest absolute Gasteiger partial charge is 0.481 e. The lowest BCUT2D eigenvalue weighted by Crippen LogP contribution is -2.07. The smallest absolute Gasteiger partial charge is 0.305 e. The van der Waals surface area contributed by atoms with Crippen LogP contribution in [0.15, 0.2) is 0 Å². The minimum Gasteiger partial charge on any atom is -0.481 e. The molecular formula is C7H12O6. The van der Waals surface area contributed by atoms with E-state index in [1.165, 1.54) is 13.8 Å². The van der Waals surface area contributed by atoms with Crippen LogP contribution in [0.2, 0.25) is 0 Å². The first kappa shape index (κ1) is 14.0. The van der Waals surface area contributed by atoms with Crippen LogP contribution in [0.4, 0.5) is 0 Å². The highest BCUT2D eigenvalue weighted by molar-refractivity contribution is 5.67. The van der Waals surface area contributed by atoms with Crippen molar-refractivity contribution in [2.45, 2.75) is 20.8 Å². The molecule has 0 rings (SSSR count). The number of carboxylic acids is 1. The second-order valence-electron chi connectivity index (χ2n) is 1.91. The predicted molar refractivity (Wildman–Crippen MR) is 41.7 cm³/mol. The summed E-state index contributed by atoms with van der Waals surface area (Å²) in [5.74, 6) is -1.76. The Labute approximate surface area is 75.4 Å². The van der Waals surface area contributed by atoms with Crippen molar-refractivity contribution in [1.82, 2.24) is 0 Å². The molecule has 76 valence electrons. The summed E-state index contributed by atoms with van der Waals surface area (Å²) in [5, 5.41) is 7.42. The van der Waals surface area contributed by atoms with E-state index in [9.17, 15) is 9.59 Å². The summed E-state index contributed by atoms with van der Waals surface area (Å²) >= 11 is 0. The molecule has 0 spiro atoms. The molecule has 0 aromatic rings. The minimum absolute atomic E-state index is 0.287. The minimum atomic E-state index is -0.833. The molecule has 0 atom stereocenters. The molecule has 0 aromatic carbocycles. The maximum atomic E-state index is 10.0. The van der Waals surface area contributed by atoms with Crippen molar-refractivity contribution < 1.29 is 29.0 Å². The topological polar surface area (TPSA) is 89.9 Å². The van der Waals surface area contributed by atoms with Crippen molar-refractivity contribution in [2.24, 2.45) is 0 Å². The van der Waals surface area contributed by atoms with Crippen molar-refractivity contribution in [3.05, 3.63) is 0 Å². The first-order valence-corrected chi connectivity index (χ1v) is 3.32. The number of hydrogen-bond acceptors (Lipinski definition) is 5. The van der Waals surface area contributed by atoms with Gasteiger partial charge in [0.2, 0.25) is 6.79 Å². The lowest BCUT2D eigenvalue weighted by Gasteiger charge is -1.99. The molecule has 0 bridgehead atoms. The van der Waals surface area contributed by atoms with Gasteiger partial charge < -0.3 is 14.6 Å². The Morgan fingerprint density at radius 2 is 1.23 bits per heavy atom. The summed E-state index contributed by atoms with van der Waals surface area (Å²) in [6.45, 7) is 3.28. The average molecular weight is 192 g/mol. The van der Waals surface area contributed by atoms with Gasteiger partial charge in [0, 0.05) is 20.8 Å². The second kappa shape index (κ2) is 8.51. The van der Waals surface area contributed by atoms with Gasteiger partial charge in [0.25, 0.3) is 5.97 Å². The third-order valence-corrected chi connectivity index (χ3v) is 0.524. The van der Waals surface area contributed by atoms with Crippen molar-refractivity contribution in [3.63, 3.8) is 0 Å². The van der Waals surface area contributed by atoms with Crippen LogP contribution in [-0.4, -0.2) is 29.8 Å². The SMILES string of the molecule is CC(=O)O.CC(=O)OCOC(C)=O. The van der Waals surface area contributed by atoms with Gasteiger partial charge >= 0.3 is 11.9 Å². The lowest BCUT2D eigenvalue weighted by molar-refractivity contribution is -0.164. The zero-order chi connectivity index (χ0) is 10.9. The van der Waals surface area contributed by atoms with Crippen LogP contribution in [0.5, 0.6) is 0 Å². The molecule has 6 heteroatoms. The summed E-state index contributed by atoms with van der Waals surface area (Å²) < 4.78 is 8.54. The van der Waals surface area contributed by atoms with Crippen LogP contribution in [0.3, 0.4) is 0 Å². The molecule has 0 fully saturated rings. The van der Waals surface area contributed by atoms with E-state index in [0.717, 1.165) is 6.92 Å². The second-order valence-corrected chi connectivity index (χ2v) is 1.91. The summed E-state index contributed by atoms with van der Waals surface area (Å²) in [5.41, 5.74) is 0. The van der Waals surface area contributed by atoms with Crippen LogP contribution >= 0.6 is 0 Å². The number of hydrogen-bond donors (Lipinski definition) is 1. The van der Waals surface area contributed by atoms with Gasteiger partial charge in [0.1, 0.15) is 0 Å². The van der Waals surface area contributed by atoms with E-state index in [1.807, 2.05) is 0 Å². The molecule has 0 aliphatic rings. The third-order valence-electron chi connectivity index (χ3n) is 0.524. The van der Waals surface area contributed by atoms with Gasteiger partial charge in [-0.2, -0.15) is 0 Å². The first-order valence-electron chi connectivity index (χ1n) is 3.32. The summed E-state index contributed by atoms with van der Waals surface area (Å²) in [7, 11) is 0. The molecule has 0 saturated heterocycles. The molecule has 0 amide bonds. The molecule has 0 unspecified atom stereocenters. The maximum absolute atomic E-state index is 10.0. The Bertz CT molecular complexity index is 167. The van der Waals surface area contributed by atoms with Crippen LogP contribution in [-0.2, 0) is 23.9 Å². The Morgan fingerprint density at radius 1 is 1.00 bits per heavy atom. The molecule has 1 N–H and O–H groups in total. The number of ether oxygens (including phenoxy) is 2. The van der Waals surface area contributed by atoms with Crippen molar-refractivity contribution in [3.8, 4) is 0 Å². The third kappa shape index (κ3) is 37.9. The van der Waals surface area contributed by atoms with E-state index < -0.39 is 17.9 Å². The number of esters is 2. The zero-order valence-electron chi connectivity index (χ0n) is 7.70. The Hall–Kier alpha value is -1.59. The van der Waals surface area contributed by atoms with Crippen LogP contribution < -0.4 is 0 Å². The van der Waals surface area contributed by atoms with Gasteiger partial charge in [-0.1, -0.05) is 0 Å². The molecule has 0 radical (unpaired) electrons. The normalized spacial score (nSPS) is 7.62. The van der Waals surface area contributed by atoms with E-state index in [4.69, 9.17) is 9.90 Å². The standard InChI is InChI=1S/C5H8O4.C2H4O2/c1-4(6)8-3-9-5(2)7;1-2(3)4/h3H2,1-2H3;1H3,(H,3,4). The van der Waals surface area contributed by atoms with Gasteiger partial charge in [-0.3, -0.25) is 14.4 Å². The zero-order valence-corrected chi connectivity index (χ0v) is 7.70. The van der Waals surface area contributed by atoms with Gasteiger partial charge in [-0.25, -0.2) is 0 Å². The number of aliphatic carboxylic acids is 1. The summed E-state index contributed by atoms with van der Waals surface area (Å²) in [6, 6.07) is 0. The Morgan fingerprint density at radius 3 is 1.38 bits per heavy atom. The highest BCUT2D eigenvalue weighted by Gasteiger charge is 1.93. The fraction of sp³-hybridized carbons (Fsp3) is 0.571. The van der Waals surface area contributed by atoms with Crippen LogP contribution in [0.1, 0.15) is 20.8 Å². The molecule has 0 heterocycles. The molecule has 0 aromatic heterocycles. The van der Waals surface area contributed by atoms with E-state index >= 15 is 0 Å². The predicted octanol–water partition coefficient (Wildman–Crippen LogP) is 0.161. The summed E-state index contributed by atoms with van der Waals surface area (Å²) in [4.78, 5) is 29.0. The Balaban J connectivity index is 0. The highest BCUT2D eigenvalue weighted by atomic mass is 16.7. The van der Waals surface area contributed by atoms with E-state index in [-0.39, 0.29) is 6.79 Å². The molecule has 0 aliphatic carbocycles. The highest BCUT2D eigenvalue weighted by Crippen LogP contribution is 1.79. The fourth-order valence-electron chi connectivity index (χ4n) is 0.195. The Kier molecular flexibility index (Phi) is 9.14. The number of rotatable bonds is 2. The quantitative estimate of drug-likeness (QED) is 0.495. The number of carbonyl (C=O) groups excluding carboxylic acids is 2.